The summed E-state index contributed by atoms with van der Waals surface area (Å²) >= 11 is 0. The molecule has 8 heteroatoms. The van der Waals surface area contributed by atoms with E-state index in [0.29, 0.717) is 18.0 Å². The van der Waals surface area contributed by atoms with Crippen molar-refractivity contribution < 1.29 is 24.0 Å². The van der Waals surface area contributed by atoms with Crippen LogP contribution >= 0.6 is 0 Å². The fourth-order valence-electron chi connectivity index (χ4n) is 1.90. The highest BCUT2D eigenvalue weighted by atomic mass is 16.7. The van der Waals surface area contributed by atoms with Crippen LogP contribution in [-0.2, 0) is 24.0 Å². The maximum absolute atomic E-state index is 12.2. The third-order valence-corrected chi connectivity index (χ3v) is 3.37. The summed E-state index contributed by atoms with van der Waals surface area (Å²) in [6, 6.07) is -1.92. The standard InChI is InChI=1S/C13H23N3O5/c1-8(2)11(14)12(18)16(20-7-17)9(3)13(19)21-10-4-5-15-6-10/h7-11,15H,4-6,14H2,1-3H3/t9-,10?,11-/m0/s1. The van der Waals surface area contributed by atoms with Crippen molar-refractivity contribution in [3.05, 3.63) is 0 Å². The Morgan fingerprint density at radius 1 is 1.38 bits per heavy atom. The van der Waals surface area contributed by atoms with E-state index >= 15 is 0 Å². The van der Waals surface area contributed by atoms with E-state index in [1.807, 2.05) is 0 Å². The normalized spacial score (nSPS) is 20.7. The predicted octanol–water partition coefficient (Wildman–Crippen LogP) is -0.820. The number of carbonyl (C=O) groups excluding carboxylic acids is 3. The Morgan fingerprint density at radius 3 is 2.52 bits per heavy atom. The summed E-state index contributed by atoms with van der Waals surface area (Å²) in [5.41, 5.74) is 5.74. The van der Waals surface area contributed by atoms with Crippen molar-refractivity contribution in [3.8, 4) is 0 Å². The molecule has 1 saturated heterocycles. The number of nitrogens with zero attached hydrogens (tertiary/aromatic N) is 1. The predicted molar refractivity (Wildman–Crippen MR) is 73.6 cm³/mol. The Hall–Kier alpha value is -1.67. The maximum Gasteiger partial charge on any atom is 0.332 e. The zero-order chi connectivity index (χ0) is 16.0. The van der Waals surface area contributed by atoms with Gasteiger partial charge in [-0.1, -0.05) is 13.8 Å². The third kappa shape index (κ3) is 4.68. The van der Waals surface area contributed by atoms with Gasteiger partial charge in [0.15, 0.2) is 6.04 Å². The van der Waals surface area contributed by atoms with Gasteiger partial charge in [-0.15, -0.1) is 0 Å². The van der Waals surface area contributed by atoms with Gasteiger partial charge in [-0.25, -0.2) is 4.79 Å². The van der Waals surface area contributed by atoms with Crippen molar-refractivity contribution in [1.82, 2.24) is 10.4 Å². The SMILES string of the molecule is CC(C)[C@H](N)C(=O)N(OC=O)[C@@H](C)C(=O)OC1CCNC1. The lowest BCUT2D eigenvalue weighted by Gasteiger charge is -2.28. The highest BCUT2D eigenvalue weighted by Crippen LogP contribution is 2.11. The minimum atomic E-state index is -1.05. The molecule has 0 aliphatic carbocycles. The number of nitrogens with one attached hydrogen (secondary N) is 1. The second kappa shape index (κ2) is 7.94. The van der Waals surface area contributed by atoms with Gasteiger partial charge in [-0.3, -0.25) is 9.59 Å². The molecule has 0 aromatic carbocycles. The van der Waals surface area contributed by atoms with Gasteiger partial charge < -0.3 is 20.6 Å². The zero-order valence-electron chi connectivity index (χ0n) is 12.6. The Labute approximate surface area is 123 Å². The van der Waals surface area contributed by atoms with Crippen molar-refractivity contribution in [3.63, 3.8) is 0 Å². The molecule has 1 heterocycles. The van der Waals surface area contributed by atoms with Crippen molar-refractivity contribution in [2.75, 3.05) is 13.1 Å². The molecule has 3 N–H and O–H groups in total. The molecule has 0 saturated carbocycles. The van der Waals surface area contributed by atoms with Crippen LogP contribution in [-0.4, -0.2) is 54.7 Å². The van der Waals surface area contributed by atoms with Gasteiger partial charge in [-0.05, 0) is 25.8 Å². The van der Waals surface area contributed by atoms with Crippen molar-refractivity contribution >= 4 is 18.3 Å². The maximum atomic E-state index is 12.2. The minimum absolute atomic E-state index is 0.0891. The molecule has 1 amide bonds. The number of hydrogen-bond acceptors (Lipinski definition) is 7. The van der Waals surface area contributed by atoms with E-state index in [1.54, 1.807) is 13.8 Å². The first-order chi connectivity index (χ1) is 9.88. The molecule has 0 aromatic rings. The fraction of sp³-hybridized carbons (Fsp3) is 0.769. The first-order valence-electron chi connectivity index (χ1n) is 6.98. The van der Waals surface area contributed by atoms with Crippen LogP contribution in [0.3, 0.4) is 0 Å². The lowest BCUT2D eigenvalue weighted by molar-refractivity contribution is -0.204. The number of rotatable bonds is 7. The summed E-state index contributed by atoms with van der Waals surface area (Å²) in [5.74, 6) is -1.42. The molecule has 1 fully saturated rings. The van der Waals surface area contributed by atoms with E-state index in [4.69, 9.17) is 10.5 Å². The van der Waals surface area contributed by atoms with E-state index in [2.05, 4.69) is 10.2 Å². The molecule has 1 aliphatic heterocycles. The third-order valence-electron chi connectivity index (χ3n) is 3.37. The van der Waals surface area contributed by atoms with Crippen LogP contribution in [0.15, 0.2) is 0 Å². The van der Waals surface area contributed by atoms with Crippen LogP contribution in [0.4, 0.5) is 0 Å². The van der Waals surface area contributed by atoms with Crippen LogP contribution in [0.1, 0.15) is 27.2 Å². The molecular weight excluding hydrogens is 278 g/mol. The Bertz CT molecular complexity index is 382. The van der Waals surface area contributed by atoms with Crippen molar-refractivity contribution in [1.29, 1.82) is 0 Å². The topological polar surface area (TPSA) is 111 Å². The van der Waals surface area contributed by atoms with E-state index in [1.165, 1.54) is 6.92 Å². The minimum Gasteiger partial charge on any atom is -0.459 e. The van der Waals surface area contributed by atoms with Gasteiger partial charge in [0, 0.05) is 6.54 Å². The van der Waals surface area contributed by atoms with Gasteiger partial charge in [0.1, 0.15) is 6.10 Å². The quantitative estimate of drug-likeness (QED) is 0.359. The van der Waals surface area contributed by atoms with Gasteiger partial charge >= 0.3 is 12.4 Å². The molecule has 0 aromatic heterocycles. The van der Waals surface area contributed by atoms with Gasteiger partial charge in [0.2, 0.25) is 0 Å². The molecule has 1 unspecified atom stereocenters. The smallest absolute Gasteiger partial charge is 0.332 e. The summed E-state index contributed by atoms with van der Waals surface area (Å²) in [4.78, 5) is 39.4. The summed E-state index contributed by atoms with van der Waals surface area (Å²) in [7, 11) is 0. The highest BCUT2D eigenvalue weighted by Gasteiger charge is 2.34. The molecule has 1 aliphatic rings. The Kier molecular flexibility index (Phi) is 6.57. The summed E-state index contributed by atoms with van der Waals surface area (Å²) in [5, 5.41) is 3.74. The van der Waals surface area contributed by atoms with E-state index < -0.39 is 24.0 Å². The van der Waals surface area contributed by atoms with Crippen LogP contribution in [0.25, 0.3) is 0 Å². The first kappa shape index (κ1) is 17.4. The molecule has 8 nitrogen and oxygen atoms in total. The molecule has 0 bridgehead atoms. The van der Waals surface area contributed by atoms with Gasteiger partial charge in [0.05, 0.1) is 6.04 Å². The van der Waals surface area contributed by atoms with Crippen molar-refractivity contribution in [2.24, 2.45) is 11.7 Å². The number of amides is 1. The summed E-state index contributed by atoms with van der Waals surface area (Å²) in [6.45, 7) is 6.39. The van der Waals surface area contributed by atoms with Crippen molar-refractivity contribution in [2.45, 2.75) is 45.4 Å². The molecule has 3 atom stereocenters. The fourth-order valence-corrected chi connectivity index (χ4v) is 1.90. The summed E-state index contributed by atoms with van der Waals surface area (Å²) < 4.78 is 5.26. The number of ether oxygens (including phenoxy) is 1. The Morgan fingerprint density at radius 2 is 2.05 bits per heavy atom. The van der Waals surface area contributed by atoms with E-state index in [0.717, 1.165) is 6.54 Å². The van der Waals surface area contributed by atoms with Crippen LogP contribution in [0, 0.1) is 5.92 Å². The van der Waals surface area contributed by atoms with Crippen LogP contribution < -0.4 is 11.1 Å². The highest BCUT2D eigenvalue weighted by molar-refractivity contribution is 5.87. The average molecular weight is 301 g/mol. The average Bonchev–Trinajstić information content (AvgIpc) is 2.95. The molecule has 120 valence electrons. The largest absolute Gasteiger partial charge is 0.459 e. The van der Waals surface area contributed by atoms with Crippen LogP contribution in [0.5, 0.6) is 0 Å². The number of nitrogens with two attached hydrogens (primary N) is 1. The molecule has 0 spiro atoms. The number of esters is 1. The second-order valence-electron chi connectivity index (χ2n) is 5.36. The number of hydroxylamine groups is 2. The van der Waals surface area contributed by atoms with E-state index in [9.17, 15) is 14.4 Å². The number of hydrogen-bond donors (Lipinski definition) is 2. The number of carbonyl (C=O) groups is 3. The van der Waals surface area contributed by atoms with Gasteiger partial charge in [0.25, 0.3) is 5.91 Å². The van der Waals surface area contributed by atoms with E-state index in [-0.39, 0.29) is 18.5 Å². The lowest BCUT2D eigenvalue weighted by Crippen LogP contribution is -2.52. The zero-order valence-corrected chi connectivity index (χ0v) is 12.6. The summed E-state index contributed by atoms with van der Waals surface area (Å²) in [6.07, 6.45) is 0.485. The van der Waals surface area contributed by atoms with Gasteiger partial charge in [-0.2, -0.15) is 5.06 Å². The van der Waals surface area contributed by atoms with Crippen LogP contribution in [0.2, 0.25) is 0 Å². The monoisotopic (exact) mass is 301 g/mol. The second-order valence-corrected chi connectivity index (χ2v) is 5.36. The first-order valence-corrected chi connectivity index (χ1v) is 6.98. The lowest BCUT2D eigenvalue weighted by atomic mass is 10.0. The molecule has 0 radical (unpaired) electrons. The molecule has 1 rings (SSSR count). The molecule has 21 heavy (non-hydrogen) atoms. The molecular formula is C13H23N3O5. The Balaban J connectivity index is 2.70.